The Morgan fingerprint density at radius 1 is 1.29 bits per heavy atom. The summed E-state index contributed by atoms with van der Waals surface area (Å²) in [6.07, 6.45) is 0. The molecule has 2 N–H and O–H groups in total. The molecule has 0 aliphatic carbocycles. The third-order valence-corrected chi connectivity index (χ3v) is 4.13. The van der Waals surface area contributed by atoms with Gasteiger partial charge in [0.1, 0.15) is 0 Å². The smallest absolute Gasteiger partial charge is 0.265 e. The minimum Gasteiger partial charge on any atom is -0.383 e. The maximum absolute atomic E-state index is 12.1. The molecule has 21 heavy (non-hydrogen) atoms. The van der Waals surface area contributed by atoms with Gasteiger partial charge in [-0.1, -0.05) is 0 Å². The van der Waals surface area contributed by atoms with Crippen molar-refractivity contribution in [2.24, 2.45) is 0 Å². The van der Waals surface area contributed by atoms with Gasteiger partial charge in [0.15, 0.2) is 0 Å². The van der Waals surface area contributed by atoms with Gasteiger partial charge in [0.25, 0.3) is 5.91 Å². The third kappa shape index (κ3) is 5.43. The molecule has 0 heterocycles. The number of methoxy groups -OCH3 is 1. The van der Waals surface area contributed by atoms with Crippen LogP contribution in [0.5, 0.6) is 0 Å². The molecule has 0 radical (unpaired) electrons. The summed E-state index contributed by atoms with van der Waals surface area (Å²) < 4.78 is 31.6. The summed E-state index contributed by atoms with van der Waals surface area (Å²) in [5.74, 6) is -0.301. The second-order valence-electron chi connectivity index (χ2n) is 4.84. The van der Waals surface area contributed by atoms with E-state index in [1.165, 1.54) is 36.4 Å². The fourth-order valence-corrected chi connectivity index (χ4v) is 2.90. The zero-order valence-corrected chi connectivity index (χ0v) is 13.4. The zero-order valence-electron chi connectivity index (χ0n) is 12.6. The molecule has 0 fully saturated rings. The number of hydrogen-bond donors (Lipinski definition) is 2. The number of hydrogen-bond acceptors (Lipinski definition) is 5. The fraction of sp³-hybridized carbons (Fsp3) is 0.462. The quantitative estimate of drug-likeness (QED) is 0.702. The third-order valence-electron chi connectivity index (χ3n) is 2.52. The van der Waals surface area contributed by atoms with Crippen molar-refractivity contribution in [2.75, 3.05) is 27.8 Å². The van der Waals surface area contributed by atoms with E-state index in [0.29, 0.717) is 5.56 Å². The van der Waals surface area contributed by atoms with Crippen molar-refractivity contribution in [3.8, 4) is 0 Å². The van der Waals surface area contributed by atoms with Gasteiger partial charge in [-0.25, -0.2) is 18.1 Å². The molecule has 8 heteroatoms. The largest absolute Gasteiger partial charge is 0.383 e. The summed E-state index contributed by atoms with van der Waals surface area (Å²) in [5.41, 5.74) is 2.96. The first kappa shape index (κ1) is 17.6. The molecule has 1 atom stereocenters. The van der Waals surface area contributed by atoms with Gasteiger partial charge in [-0.3, -0.25) is 10.2 Å². The number of carbonyl (C=O) groups is 1. The van der Waals surface area contributed by atoms with Crippen molar-refractivity contribution in [1.82, 2.24) is 15.2 Å². The summed E-state index contributed by atoms with van der Waals surface area (Å²) in [6.45, 7) is 1.99. The maximum Gasteiger partial charge on any atom is 0.265 e. The molecule has 1 amide bonds. The number of sulfonamides is 1. The second-order valence-corrected chi connectivity index (χ2v) is 6.55. The Morgan fingerprint density at radius 3 is 2.33 bits per heavy atom. The highest BCUT2D eigenvalue weighted by Gasteiger charge is 2.17. The molecular formula is C13H21N3O4S. The number of carbonyl (C=O) groups excluding carboxylic acids is 1. The zero-order chi connectivity index (χ0) is 16.0. The van der Waals surface area contributed by atoms with E-state index in [1.54, 1.807) is 21.0 Å². The van der Waals surface area contributed by atoms with Gasteiger partial charge < -0.3 is 4.74 Å². The van der Waals surface area contributed by atoms with Crippen LogP contribution in [-0.4, -0.2) is 53.2 Å². The molecule has 1 rings (SSSR count). The van der Waals surface area contributed by atoms with Crippen LogP contribution < -0.4 is 10.1 Å². The number of ether oxygens (including phenoxy) is 1. The Balaban J connectivity index is 2.84. The van der Waals surface area contributed by atoms with E-state index in [9.17, 15) is 13.2 Å². The SMILES string of the molecule is COC[C@@H](C)NS(=O)(=O)c1ccc(C(=O)NN(C)C)cc1. The Hall–Kier alpha value is -1.48. The van der Waals surface area contributed by atoms with Crippen LogP contribution in [0, 0.1) is 0 Å². The second kappa shape index (κ2) is 7.51. The van der Waals surface area contributed by atoms with E-state index >= 15 is 0 Å². The molecule has 0 aromatic heterocycles. The monoisotopic (exact) mass is 315 g/mol. The van der Waals surface area contributed by atoms with Crippen molar-refractivity contribution in [2.45, 2.75) is 17.9 Å². The highest BCUT2D eigenvalue weighted by atomic mass is 32.2. The van der Waals surface area contributed by atoms with Crippen molar-refractivity contribution in [3.05, 3.63) is 29.8 Å². The lowest BCUT2D eigenvalue weighted by molar-refractivity contribution is 0.0857. The Bertz CT molecular complexity index is 570. The van der Waals surface area contributed by atoms with E-state index in [2.05, 4.69) is 10.1 Å². The number of hydrazine groups is 1. The fourth-order valence-electron chi connectivity index (χ4n) is 1.67. The van der Waals surface area contributed by atoms with Crippen LogP contribution in [0.3, 0.4) is 0 Å². The first-order chi connectivity index (χ1) is 9.76. The van der Waals surface area contributed by atoms with E-state index < -0.39 is 10.0 Å². The minimum absolute atomic E-state index is 0.104. The minimum atomic E-state index is -3.62. The van der Waals surface area contributed by atoms with Crippen molar-refractivity contribution < 1.29 is 17.9 Å². The van der Waals surface area contributed by atoms with Crippen LogP contribution in [0.2, 0.25) is 0 Å². The van der Waals surface area contributed by atoms with Crippen LogP contribution >= 0.6 is 0 Å². The number of amides is 1. The lowest BCUT2D eigenvalue weighted by Gasteiger charge is -2.14. The predicted octanol–water partition coefficient (Wildman–Crippen LogP) is 0.206. The molecule has 0 unspecified atom stereocenters. The number of nitrogens with zero attached hydrogens (tertiary/aromatic N) is 1. The van der Waals surface area contributed by atoms with Crippen LogP contribution in [-0.2, 0) is 14.8 Å². The van der Waals surface area contributed by atoms with Crippen LogP contribution in [0.15, 0.2) is 29.2 Å². The van der Waals surface area contributed by atoms with Crippen molar-refractivity contribution in [3.63, 3.8) is 0 Å². The van der Waals surface area contributed by atoms with E-state index in [-0.39, 0.29) is 23.5 Å². The van der Waals surface area contributed by atoms with Gasteiger partial charge >= 0.3 is 0 Å². The summed E-state index contributed by atoms with van der Waals surface area (Å²) in [5, 5.41) is 1.51. The highest BCUT2D eigenvalue weighted by Crippen LogP contribution is 2.11. The Kier molecular flexibility index (Phi) is 6.28. The van der Waals surface area contributed by atoms with Gasteiger partial charge in [0.2, 0.25) is 10.0 Å². The average Bonchev–Trinajstić information content (AvgIpc) is 2.37. The summed E-state index contributed by atoms with van der Waals surface area (Å²) in [7, 11) is 1.27. The maximum atomic E-state index is 12.1. The van der Waals surface area contributed by atoms with E-state index in [4.69, 9.17) is 4.74 Å². The van der Waals surface area contributed by atoms with Crippen LogP contribution in [0.1, 0.15) is 17.3 Å². The topological polar surface area (TPSA) is 87.7 Å². The number of nitrogens with one attached hydrogen (secondary N) is 2. The molecule has 1 aromatic rings. The lowest BCUT2D eigenvalue weighted by Crippen LogP contribution is -2.36. The van der Waals surface area contributed by atoms with Crippen LogP contribution in [0.4, 0.5) is 0 Å². The van der Waals surface area contributed by atoms with Gasteiger partial charge in [-0.2, -0.15) is 0 Å². The predicted molar refractivity (Wildman–Crippen MR) is 79.3 cm³/mol. The average molecular weight is 315 g/mol. The molecule has 0 aliphatic heterocycles. The summed E-state index contributed by atoms with van der Waals surface area (Å²) in [4.78, 5) is 11.8. The molecule has 0 saturated carbocycles. The van der Waals surface area contributed by atoms with Gasteiger partial charge in [0.05, 0.1) is 11.5 Å². The number of benzene rings is 1. The first-order valence-electron chi connectivity index (χ1n) is 6.36. The van der Waals surface area contributed by atoms with Crippen molar-refractivity contribution >= 4 is 15.9 Å². The molecule has 118 valence electrons. The molecule has 1 aromatic carbocycles. The molecule has 7 nitrogen and oxygen atoms in total. The normalized spacial score (nSPS) is 13.2. The number of rotatable bonds is 7. The molecule has 0 aliphatic rings. The van der Waals surface area contributed by atoms with Gasteiger partial charge in [-0.05, 0) is 31.2 Å². The Morgan fingerprint density at radius 2 is 1.86 bits per heavy atom. The summed E-state index contributed by atoms with van der Waals surface area (Å²) >= 11 is 0. The highest BCUT2D eigenvalue weighted by molar-refractivity contribution is 7.89. The standard InChI is InChI=1S/C13H21N3O4S/c1-10(9-20-4)15-21(18,19)12-7-5-11(6-8-12)13(17)14-16(2)3/h5-8,10,15H,9H2,1-4H3,(H,14,17)/t10-/m1/s1. The first-order valence-corrected chi connectivity index (χ1v) is 7.84. The molecule has 0 spiro atoms. The molecule has 0 bridgehead atoms. The Labute approximate surface area is 125 Å². The van der Waals surface area contributed by atoms with Gasteiger partial charge in [-0.15, -0.1) is 0 Å². The van der Waals surface area contributed by atoms with Gasteiger partial charge in [0, 0.05) is 32.8 Å². The van der Waals surface area contributed by atoms with E-state index in [0.717, 1.165) is 0 Å². The lowest BCUT2D eigenvalue weighted by atomic mass is 10.2. The van der Waals surface area contributed by atoms with Crippen LogP contribution in [0.25, 0.3) is 0 Å². The molecular weight excluding hydrogens is 294 g/mol. The molecule has 0 saturated heterocycles. The van der Waals surface area contributed by atoms with Crippen molar-refractivity contribution in [1.29, 1.82) is 0 Å². The van der Waals surface area contributed by atoms with E-state index in [1.807, 2.05) is 0 Å². The summed E-state index contributed by atoms with van der Waals surface area (Å²) in [6, 6.07) is 5.39.